The van der Waals surface area contributed by atoms with Gasteiger partial charge in [-0.1, -0.05) is 13.8 Å². The molecule has 1 aliphatic heterocycles. The summed E-state index contributed by atoms with van der Waals surface area (Å²) in [4.78, 5) is 30.8. The van der Waals surface area contributed by atoms with Crippen LogP contribution in [0.15, 0.2) is 23.0 Å². The number of likely N-dealkylation sites (N-methyl/N-ethyl adjacent to an activating group) is 1. The van der Waals surface area contributed by atoms with E-state index in [1.807, 2.05) is 11.8 Å². The van der Waals surface area contributed by atoms with Crippen LogP contribution in [-0.4, -0.2) is 72.3 Å². The summed E-state index contributed by atoms with van der Waals surface area (Å²) < 4.78 is 4.98. The fourth-order valence-electron chi connectivity index (χ4n) is 2.86. The lowest BCUT2D eigenvalue weighted by atomic mass is 10.2. The Morgan fingerprint density at radius 2 is 1.91 bits per heavy atom. The summed E-state index contributed by atoms with van der Waals surface area (Å²) in [6.07, 6.45) is 4.20. The second-order valence-corrected chi connectivity index (χ2v) is 5.87. The van der Waals surface area contributed by atoms with E-state index in [9.17, 15) is 9.59 Å². The van der Waals surface area contributed by atoms with Gasteiger partial charge < -0.3 is 19.1 Å². The Bertz CT molecular complexity index is 493. The summed E-state index contributed by atoms with van der Waals surface area (Å²) in [6.45, 7) is 9.77. The molecule has 0 aliphatic carbocycles. The lowest BCUT2D eigenvalue weighted by molar-refractivity contribution is -0.133. The zero-order valence-electron chi connectivity index (χ0n) is 14.2. The minimum absolute atomic E-state index is 0.0656. The van der Waals surface area contributed by atoms with E-state index in [0.717, 1.165) is 39.1 Å². The minimum atomic E-state index is -0.0656. The molecular weight excluding hydrogens is 294 g/mol. The Hall–Kier alpha value is -1.82. The molecule has 0 N–H and O–H groups in total. The number of rotatable bonds is 7. The summed E-state index contributed by atoms with van der Waals surface area (Å²) in [6, 6.07) is 1.66. The monoisotopic (exact) mass is 321 g/mol. The minimum Gasteiger partial charge on any atom is -0.472 e. The van der Waals surface area contributed by atoms with Crippen LogP contribution >= 0.6 is 0 Å². The fraction of sp³-hybridized carbons (Fsp3) is 0.647. The molecule has 0 bridgehead atoms. The van der Waals surface area contributed by atoms with Crippen molar-refractivity contribution in [2.45, 2.75) is 26.7 Å². The van der Waals surface area contributed by atoms with Crippen molar-refractivity contribution in [1.29, 1.82) is 0 Å². The summed E-state index contributed by atoms with van der Waals surface area (Å²) >= 11 is 0. The first-order chi connectivity index (χ1) is 11.2. The first-order valence-corrected chi connectivity index (χ1v) is 8.47. The standard InChI is InChI=1S/C17H27N3O3/c1-3-7-20(17(22)15-6-13-23-14-15)8-5-16(21)19-11-9-18(4-2)10-12-19/h6,13-14H,3-5,7-12H2,1-2H3. The maximum atomic E-state index is 12.4. The van der Waals surface area contributed by atoms with Gasteiger partial charge in [0.1, 0.15) is 6.26 Å². The molecule has 1 aliphatic rings. The van der Waals surface area contributed by atoms with E-state index in [2.05, 4.69) is 11.8 Å². The van der Waals surface area contributed by atoms with Gasteiger partial charge in [0.15, 0.2) is 0 Å². The third-order valence-corrected chi connectivity index (χ3v) is 4.32. The molecule has 1 fully saturated rings. The van der Waals surface area contributed by atoms with Gasteiger partial charge in [0.05, 0.1) is 11.8 Å². The van der Waals surface area contributed by atoms with E-state index in [1.165, 1.54) is 12.5 Å². The van der Waals surface area contributed by atoms with Gasteiger partial charge in [0.2, 0.25) is 5.91 Å². The van der Waals surface area contributed by atoms with Gasteiger partial charge in [0.25, 0.3) is 5.91 Å². The van der Waals surface area contributed by atoms with Gasteiger partial charge in [-0.2, -0.15) is 0 Å². The topological polar surface area (TPSA) is 57.0 Å². The van der Waals surface area contributed by atoms with E-state index in [1.54, 1.807) is 11.0 Å². The Kier molecular flexibility index (Phi) is 6.65. The Morgan fingerprint density at radius 1 is 1.17 bits per heavy atom. The predicted molar refractivity (Wildman–Crippen MR) is 88.2 cm³/mol. The third kappa shape index (κ3) is 4.82. The average molecular weight is 321 g/mol. The highest BCUT2D eigenvalue weighted by Crippen LogP contribution is 2.09. The second kappa shape index (κ2) is 8.72. The molecule has 2 heterocycles. The molecule has 0 unspecified atom stereocenters. The van der Waals surface area contributed by atoms with Crippen LogP contribution in [0.4, 0.5) is 0 Å². The quantitative estimate of drug-likeness (QED) is 0.767. The average Bonchev–Trinajstić information content (AvgIpc) is 3.12. The molecule has 1 aromatic rings. The van der Waals surface area contributed by atoms with Crippen molar-refractivity contribution in [2.75, 3.05) is 45.8 Å². The highest BCUT2D eigenvalue weighted by molar-refractivity contribution is 5.94. The lowest BCUT2D eigenvalue weighted by Gasteiger charge is -2.34. The molecule has 0 radical (unpaired) electrons. The molecule has 1 aromatic heterocycles. The van der Waals surface area contributed by atoms with Crippen molar-refractivity contribution < 1.29 is 14.0 Å². The van der Waals surface area contributed by atoms with E-state index in [-0.39, 0.29) is 11.8 Å². The van der Waals surface area contributed by atoms with Crippen LogP contribution in [0.1, 0.15) is 37.0 Å². The lowest BCUT2D eigenvalue weighted by Crippen LogP contribution is -2.49. The van der Waals surface area contributed by atoms with E-state index in [0.29, 0.717) is 25.1 Å². The van der Waals surface area contributed by atoms with Crippen molar-refractivity contribution >= 4 is 11.8 Å². The molecule has 1 saturated heterocycles. The normalized spacial score (nSPS) is 15.7. The molecular formula is C17H27N3O3. The predicted octanol–water partition coefficient (Wildman–Crippen LogP) is 1.69. The summed E-state index contributed by atoms with van der Waals surface area (Å²) in [5, 5.41) is 0. The van der Waals surface area contributed by atoms with Gasteiger partial charge in [-0.3, -0.25) is 9.59 Å². The van der Waals surface area contributed by atoms with Crippen LogP contribution in [0.5, 0.6) is 0 Å². The number of hydrogen-bond acceptors (Lipinski definition) is 4. The molecule has 0 aromatic carbocycles. The zero-order valence-corrected chi connectivity index (χ0v) is 14.2. The Morgan fingerprint density at radius 3 is 2.48 bits per heavy atom. The number of nitrogens with zero attached hydrogens (tertiary/aromatic N) is 3. The molecule has 128 valence electrons. The smallest absolute Gasteiger partial charge is 0.257 e. The van der Waals surface area contributed by atoms with Crippen LogP contribution < -0.4 is 0 Å². The summed E-state index contributed by atoms with van der Waals surface area (Å²) in [5.74, 6) is 0.0750. The number of carbonyl (C=O) groups excluding carboxylic acids is 2. The molecule has 0 saturated carbocycles. The molecule has 2 amide bonds. The molecule has 0 atom stereocenters. The molecule has 0 spiro atoms. The first kappa shape index (κ1) is 17.5. The fourth-order valence-corrected chi connectivity index (χ4v) is 2.86. The van der Waals surface area contributed by atoms with Crippen molar-refractivity contribution in [3.63, 3.8) is 0 Å². The molecule has 6 heteroatoms. The van der Waals surface area contributed by atoms with Crippen molar-refractivity contribution in [1.82, 2.24) is 14.7 Å². The zero-order chi connectivity index (χ0) is 16.7. The van der Waals surface area contributed by atoms with Gasteiger partial charge in [0, 0.05) is 45.7 Å². The van der Waals surface area contributed by atoms with Gasteiger partial charge >= 0.3 is 0 Å². The number of carbonyl (C=O) groups is 2. The number of amides is 2. The van der Waals surface area contributed by atoms with Crippen LogP contribution in [-0.2, 0) is 4.79 Å². The van der Waals surface area contributed by atoms with Crippen molar-refractivity contribution in [2.24, 2.45) is 0 Å². The van der Waals surface area contributed by atoms with Crippen LogP contribution in [0.3, 0.4) is 0 Å². The largest absolute Gasteiger partial charge is 0.472 e. The van der Waals surface area contributed by atoms with Gasteiger partial charge in [-0.05, 0) is 19.0 Å². The van der Waals surface area contributed by atoms with Crippen LogP contribution in [0, 0.1) is 0 Å². The van der Waals surface area contributed by atoms with Gasteiger partial charge in [-0.15, -0.1) is 0 Å². The Labute approximate surface area is 138 Å². The number of furan rings is 1. The maximum absolute atomic E-state index is 12.4. The number of piperazine rings is 1. The van der Waals surface area contributed by atoms with E-state index in [4.69, 9.17) is 4.42 Å². The van der Waals surface area contributed by atoms with E-state index < -0.39 is 0 Å². The molecule has 2 rings (SSSR count). The number of hydrogen-bond donors (Lipinski definition) is 0. The molecule has 6 nitrogen and oxygen atoms in total. The van der Waals surface area contributed by atoms with Crippen LogP contribution in [0.25, 0.3) is 0 Å². The summed E-state index contributed by atoms with van der Waals surface area (Å²) in [5.41, 5.74) is 0.544. The maximum Gasteiger partial charge on any atom is 0.257 e. The third-order valence-electron chi connectivity index (χ3n) is 4.32. The van der Waals surface area contributed by atoms with E-state index >= 15 is 0 Å². The van der Waals surface area contributed by atoms with Crippen LogP contribution in [0.2, 0.25) is 0 Å². The highest BCUT2D eigenvalue weighted by Gasteiger charge is 2.22. The molecule has 23 heavy (non-hydrogen) atoms. The van der Waals surface area contributed by atoms with Gasteiger partial charge in [-0.25, -0.2) is 0 Å². The summed E-state index contributed by atoms with van der Waals surface area (Å²) in [7, 11) is 0. The second-order valence-electron chi connectivity index (χ2n) is 5.87. The Balaban J connectivity index is 1.84. The van der Waals surface area contributed by atoms with Crippen molar-refractivity contribution in [3.05, 3.63) is 24.2 Å². The highest BCUT2D eigenvalue weighted by atomic mass is 16.3. The van der Waals surface area contributed by atoms with Crippen molar-refractivity contribution in [3.8, 4) is 0 Å². The SMILES string of the molecule is CCCN(CCC(=O)N1CCN(CC)CC1)C(=O)c1ccoc1. The first-order valence-electron chi connectivity index (χ1n) is 8.47.